The van der Waals surface area contributed by atoms with E-state index < -0.39 is 0 Å². The van der Waals surface area contributed by atoms with Crippen LogP contribution in [-0.4, -0.2) is 21.9 Å². The predicted molar refractivity (Wildman–Crippen MR) is 111 cm³/mol. The van der Waals surface area contributed by atoms with Crippen molar-refractivity contribution >= 4 is 17.2 Å². The molecule has 2 aromatic carbocycles. The van der Waals surface area contributed by atoms with Crippen molar-refractivity contribution < 1.29 is 14.3 Å². The summed E-state index contributed by atoms with van der Waals surface area (Å²) in [7, 11) is 0. The lowest BCUT2D eigenvalue weighted by Crippen LogP contribution is -2.20. The molecule has 2 aromatic heterocycles. The van der Waals surface area contributed by atoms with Crippen molar-refractivity contribution in [3.8, 4) is 11.5 Å². The Hall–Kier alpha value is -3.80. The van der Waals surface area contributed by atoms with Gasteiger partial charge >= 0.3 is 0 Å². The molecule has 0 atom stereocenters. The Balaban J connectivity index is 1.30. The molecule has 0 fully saturated rings. The van der Waals surface area contributed by atoms with E-state index in [9.17, 15) is 4.79 Å². The van der Waals surface area contributed by atoms with E-state index in [1.54, 1.807) is 18.2 Å². The minimum Gasteiger partial charge on any atom is -0.489 e. The minimum atomic E-state index is -0.242. The first-order chi connectivity index (χ1) is 14.2. The van der Waals surface area contributed by atoms with E-state index in [2.05, 4.69) is 10.3 Å². The van der Waals surface area contributed by atoms with Crippen LogP contribution in [0.15, 0.2) is 79.1 Å². The predicted octanol–water partition coefficient (Wildman–Crippen LogP) is 4.24. The molecule has 29 heavy (non-hydrogen) atoms. The Labute approximate surface area is 168 Å². The van der Waals surface area contributed by atoms with Gasteiger partial charge in [-0.2, -0.15) is 0 Å². The number of pyridine rings is 1. The van der Waals surface area contributed by atoms with E-state index in [1.807, 2.05) is 72.2 Å². The summed E-state index contributed by atoms with van der Waals surface area (Å²) in [5.41, 5.74) is 3.36. The van der Waals surface area contributed by atoms with Crippen molar-refractivity contribution in [1.82, 2.24) is 9.38 Å². The van der Waals surface area contributed by atoms with Crippen LogP contribution in [0.25, 0.3) is 5.65 Å². The smallest absolute Gasteiger partial charge is 0.262 e. The number of nitrogens with one attached hydrogen (secondary N) is 1. The number of aryl methyl sites for hydroxylation is 1. The average molecular weight is 387 g/mol. The molecule has 6 nitrogen and oxygen atoms in total. The van der Waals surface area contributed by atoms with Crippen molar-refractivity contribution in [2.24, 2.45) is 0 Å². The third kappa shape index (κ3) is 4.73. The summed E-state index contributed by atoms with van der Waals surface area (Å²) in [5, 5.41) is 2.82. The van der Waals surface area contributed by atoms with Crippen LogP contribution in [0.2, 0.25) is 0 Å². The first kappa shape index (κ1) is 18.6. The van der Waals surface area contributed by atoms with E-state index in [1.165, 1.54) is 0 Å². The molecule has 0 saturated carbocycles. The number of nitrogens with zero attached hydrogens (tertiary/aromatic N) is 2. The van der Waals surface area contributed by atoms with Crippen LogP contribution in [0.3, 0.4) is 0 Å². The second-order valence-electron chi connectivity index (χ2n) is 6.62. The van der Waals surface area contributed by atoms with Crippen molar-refractivity contribution in [3.63, 3.8) is 0 Å². The lowest BCUT2D eigenvalue weighted by atomic mass is 10.2. The monoisotopic (exact) mass is 387 g/mol. The van der Waals surface area contributed by atoms with Crippen molar-refractivity contribution in [1.29, 1.82) is 0 Å². The number of benzene rings is 2. The van der Waals surface area contributed by atoms with Crippen molar-refractivity contribution in [2.75, 3.05) is 11.9 Å². The topological polar surface area (TPSA) is 64.9 Å². The number of hydrogen-bond acceptors (Lipinski definition) is 4. The average Bonchev–Trinajstić information content (AvgIpc) is 3.13. The molecule has 0 saturated heterocycles. The molecule has 0 radical (unpaired) electrons. The molecule has 146 valence electrons. The normalized spacial score (nSPS) is 10.7. The number of carbonyl (C=O) groups is 1. The third-order valence-electron chi connectivity index (χ3n) is 4.31. The van der Waals surface area contributed by atoms with Gasteiger partial charge in [0.05, 0.1) is 5.69 Å². The van der Waals surface area contributed by atoms with E-state index in [4.69, 9.17) is 9.47 Å². The minimum absolute atomic E-state index is 0.0994. The molecular formula is C23H21N3O3. The largest absolute Gasteiger partial charge is 0.489 e. The first-order valence-electron chi connectivity index (χ1n) is 9.31. The summed E-state index contributed by atoms with van der Waals surface area (Å²) >= 11 is 0. The molecule has 0 aliphatic carbocycles. The molecule has 0 spiro atoms. The van der Waals surface area contributed by atoms with Gasteiger partial charge in [-0.1, -0.05) is 30.3 Å². The van der Waals surface area contributed by atoms with Gasteiger partial charge in [0, 0.05) is 18.1 Å². The molecule has 0 unspecified atom stereocenters. The molecule has 2 heterocycles. The van der Waals surface area contributed by atoms with E-state index in [-0.39, 0.29) is 12.5 Å². The van der Waals surface area contributed by atoms with Crippen molar-refractivity contribution in [2.45, 2.75) is 13.5 Å². The first-order valence-corrected chi connectivity index (χ1v) is 9.31. The molecule has 0 aliphatic heterocycles. The number of hydrogen-bond donors (Lipinski definition) is 1. The van der Waals surface area contributed by atoms with Gasteiger partial charge in [-0.05, 0) is 48.9 Å². The summed E-state index contributed by atoms with van der Waals surface area (Å²) in [6.45, 7) is 2.31. The Morgan fingerprint density at radius 2 is 1.79 bits per heavy atom. The van der Waals surface area contributed by atoms with Gasteiger partial charge < -0.3 is 19.2 Å². The molecule has 6 heteroatoms. The number of amides is 1. The van der Waals surface area contributed by atoms with Gasteiger partial charge in [-0.15, -0.1) is 0 Å². The lowest BCUT2D eigenvalue weighted by molar-refractivity contribution is -0.118. The number of aromatic nitrogens is 2. The third-order valence-corrected chi connectivity index (χ3v) is 4.31. The number of fused-ring (bicyclic) bond motifs is 1. The van der Waals surface area contributed by atoms with Crippen LogP contribution in [0.1, 0.15) is 11.3 Å². The Kier molecular flexibility index (Phi) is 5.42. The number of ether oxygens (including phenoxy) is 2. The molecule has 0 aliphatic rings. The summed E-state index contributed by atoms with van der Waals surface area (Å²) in [4.78, 5) is 16.6. The van der Waals surface area contributed by atoms with Crippen LogP contribution in [0.4, 0.5) is 5.69 Å². The summed E-state index contributed by atoms with van der Waals surface area (Å²) in [6, 6.07) is 20.9. The zero-order valence-electron chi connectivity index (χ0n) is 16.0. The van der Waals surface area contributed by atoms with Gasteiger partial charge in [0.2, 0.25) is 0 Å². The summed E-state index contributed by atoms with van der Waals surface area (Å²) in [6.07, 6.45) is 3.80. The van der Waals surface area contributed by atoms with E-state index in [0.717, 1.165) is 17.0 Å². The number of rotatable bonds is 7. The highest BCUT2D eigenvalue weighted by molar-refractivity contribution is 5.92. The molecule has 4 aromatic rings. The lowest BCUT2D eigenvalue weighted by Gasteiger charge is -2.10. The van der Waals surface area contributed by atoms with Gasteiger partial charge in [0.1, 0.15) is 12.4 Å². The quantitative estimate of drug-likeness (QED) is 0.515. The fourth-order valence-electron chi connectivity index (χ4n) is 2.94. The Morgan fingerprint density at radius 3 is 2.59 bits per heavy atom. The Morgan fingerprint density at radius 1 is 1.00 bits per heavy atom. The molecule has 1 N–H and O–H groups in total. The number of imidazole rings is 1. The fraction of sp³-hybridized carbons (Fsp3) is 0.130. The SMILES string of the molecule is Cc1cn2cccc(OCC(=O)Nc3ccc(OCc4ccccc4)cc3)c2n1. The molecule has 0 bridgehead atoms. The van der Waals surface area contributed by atoms with Crippen LogP contribution >= 0.6 is 0 Å². The maximum Gasteiger partial charge on any atom is 0.262 e. The summed E-state index contributed by atoms with van der Waals surface area (Å²) < 4.78 is 13.3. The maximum absolute atomic E-state index is 12.2. The van der Waals surface area contributed by atoms with Crippen LogP contribution < -0.4 is 14.8 Å². The molecular weight excluding hydrogens is 366 g/mol. The van der Waals surface area contributed by atoms with Gasteiger partial charge in [-0.25, -0.2) is 4.98 Å². The van der Waals surface area contributed by atoms with Crippen LogP contribution in [0.5, 0.6) is 11.5 Å². The second-order valence-corrected chi connectivity index (χ2v) is 6.62. The van der Waals surface area contributed by atoms with Gasteiger partial charge in [0.25, 0.3) is 5.91 Å². The fourth-order valence-corrected chi connectivity index (χ4v) is 2.94. The standard InChI is InChI=1S/C23H21N3O3/c1-17-14-26-13-5-8-21(23(26)24-17)29-16-22(27)25-19-9-11-20(12-10-19)28-15-18-6-3-2-4-7-18/h2-14H,15-16H2,1H3,(H,25,27). The highest BCUT2D eigenvalue weighted by atomic mass is 16.5. The number of carbonyl (C=O) groups excluding carboxylic acids is 1. The second kappa shape index (κ2) is 8.48. The molecule has 1 amide bonds. The van der Waals surface area contributed by atoms with Crippen LogP contribution in [0, 0.1) is 6.92 Å². The zero-order valence-corrected chi connectivity index (χ0v) is 16.0. The highest BCUT2D eigenvalue weighted by Crippen LogP contribution is 2.20. The maximum atomic E-state index is 12.2. The van der Waals surface area contributed by atoms with Gasteiger partial charge in [0.15, 0.2) is 18.0 Å². The number of anilines is 1. The highest BCUT2D eigenvalue weighted by Gasteiger charge is 2.09. The Bertz CT molecular complexity index is 1110. The van der Waals surface area contributed by atoms with Gasteiger partial charge in [-0.3, -0.25) is 4.79 Å². The van der Waals surface area contributed by atoms with E-state index in [0.29, 0.717) is 23.7 Å². The molecule has 4 rings (SSSR count). The van der Waals surface area contributed by atoms with Crippen molar-refractivity contribution in [3.05, 3.63) is 90.4 Å². The van der Waals surface area contributed by atoms with E-state index >= 15 is 0 Å². The van der Waals surface area contributed by atoms with Crippen LogP contribution in [-0.2, 0) is 11.4 Å². The zero-order chi connectivity index (χ0) is 20.1. The summed E-state index contributed by atoms with van der Waals surface area (Å²) in [5.74, 6) is 1.07.